The van der Waals surface area contributed by atoms with Gasteiger partial charge in [-0.25, -0.2) is 0 Å². The molecule has 0 aromatic heterocycles. The Kier molecular flexibility index (Phi) is 5.22. The third-order valence-corrected chi connectivity index (χ3v) is 1.69. The van der Waals surface area contributed by atoms with Crippen LogP contribution in [0.4, 0.5) is 4.79 Å². The molecule has 0 heterocycles. The van der Waals surface area contributed by atoms with Crippen LogP contribution in [-0.4, -0.2) is 23.2 Å². The molecule has 1 amide bonds. The van der Waals surface area contributed by atoms with Crippen LogP contribution in [0.1, 0.15) is 27.7 Å². The fourth-order valence-corrected chi connectivity index (χ4v) is 1.25. The predicted molar refractivity (Wildman–Crippen MR) is 54.0 cm³/mol. The number of rotatable bonds is 4. The van der Waals surface area contributed by atoms with Gasteiger partial charge in [0.05, 0.1) is 0 Å². The second-order valence-electron chi connectivity index (χ2n) is 3.96. The molecule has 12 heavy (non-hydrogen) atoms. The maximum Gasteiger partial charge on any atom is 0.101 e. The van der Waals surface area contributed by atoms with Gasteiger partial charge in [-0.15, -0.1) is 0 Å². The van der Waals surface area contributed by atoms with Gasteiger partial charge in [-0.05, 0) is 11.8 Å². The average Bonchev–Trinajstić information content (AvgIpc) is 1.83. The van der Waals surface area contributed by atoms with E-state index < -0.39 is 0 Å². The smallest absolute Gasteiger partial charge is 0.101 e. The highest BCUT2D eigenvalue weighted by molar-refractivity contribution is 7.76. The van der Waals surface area contributed by atoms with E-state index in [9.17, 15) is 4.79 Å². The van der Waals surface area contributed by atoms with E-state index in [2.05, 4.69) is 40.3 Å². The standard InChI is InChI=1S/C9H19NOS/c1-7(2)5-10(9(11)12)6-8(3)4/h7-8H,5-6H2,1-4H3,(H,11,12)/p-1. The third-order valence-electron chi connectivity index (χ3n) is 1.43. The van der Waals surface area contributed by atoms with E-state index in [-0.39, 0.29) is 5.24 Å². The van der Waals surface area contributed by atoms with Gasteiger partial charge >= 0.3 is 0 Å². The number of carbonyl (C=O) groups excluding carboxylic acids is 1. The summed E-state index contributed by atoms with van der Waals surface area (Å²) in [6.45, 7) is 9.91. The van der Waals surface area contributed by atoms with E-state index in [0.29, 0.717) is 11.8 Å². The maximum atomic E-state index is 11.0. The van der Waals surface area contributed by atoms with Crippen LogP contribution in [0.25, 0.3) is 0 Å². The molecule has 0 saturated heterocycles. The van der Waals surface area contributed by atoms with Crippen LogP contribution in [0, 0.1) is 11.8 Å². The maximum absolute atomic E-state index is 11.0. The summed E-state index contributed by atoms with van der Waals surface area (Å²) in [5.41, 5.74) is 0. The molecule has 0 spiro atoms. The fraction of sp³-hybridized carbons (Fsp3) is 0.889. The van der Waals surface area contributed by atoms with Crippen molar-refractivity contribution in [1.82, 2.24) is 4.90 Å². The number of hydrogen-bond acceptors (Lipinski definition) is 2. The van der Waals surface area contributed by atoms with Gasteiger partial charge in [0.25, 0.3) is 0 Å². The van der Waals surface area contributed by atoms with Crippen molar-refractivity contribution in [3.05, 3.63) is 0 Å². The number of amides is 1. The molecule has 72 valence electrons. The molecule has 0 aliphatic heterocycles. The Bertz CT molecular complexity index is 135. The lowest BCUT2D eigenvalue weighted by Crippen LogP contribution is -2.34. The Hall–Kier alpha value is -0.310. The van der Waals surface area contributed by atoms with Crippen molar-refractivity contribution in [1.29, 1.82) is 0 Å². The highest BCUT2D eigenvalue weighted by Gasteiger charge is 2.07. The molecule has 2 nitrogen and oxygen atoms in total. The Morgan fingerprint density at radius 3 is 1.67 bits per heavy atom. The third kappa shape index (κ3) is 5.35. The Morgan fingerprint density at radius 2 is 1.50 bits per heavy atom. The summed E-state index contributed by atoms with van der Waals surface area (Å²) >= 11 is 4.62. The predicted octanol–water partition coefficient (Wildman–Crippen LogP) is 2.27. The Balaban J connectivity index is 3.96. The van der Waals surface area contributed by atoms with Gasteiger partial charge in [-0.1, -0.05) is 27.7 Å². The van der Waals surface area contributed by atoms with Gasteiger partial charge in [0.1, 0.15) is 5.24 Å². The van der Waals surface area contributed by atoms with Crippen molar-refractivity contribution in [2.45, 2.75) is 27.7 Å². The zero-order valence-corrected chi connectivity index (χ0v) is 9.15. The van der Waals surface area contributed by atoms with E-state index in [1.54, 1.807) is 4.90 Å². The van der Waals surface area contributed by atoms with Gasteiger partial charge < -0.3 is 22.3 Å². The molecule has 0 N–H and O–H groups in total. The molecule has 0 saturated carbocycles. The summed E-state index contributed by atoms with van der Waals surface area (Å²) in [5, 5.41) is -0.225. The van der Waals surface area contributed by atoms with Gasteiger partial charge in [0, 0.05) is 13.1 Å². The summed E-state index contributed by atoms with van der Waals surface area (Å²) in [4.78, 5) is 12.7. The molecule has 0 bridgehead atoms. The molecule has 0 aromatic carbocycles. The van der Waals surface area contributed by atoms with Crippen LogP contribution in [0.15, 0.2) is 0 Å². The molecule has 3 heteroatoms. The highest BCUT2D eigenvalue weighted by Crippen LogP contribution is 2.03. The summed E-state index contributed by atoms with van der Waals surface area (Å²) in [7, 11) is 0. The minimum absolute atomic E-state index is 0.225. The van der Waals surface area contributed by atoms with Crippen LogP contribution in [0.3, 0.4) is 0 Å². The van der Waals surface area contributed by atoms with Crippen molar-refractivity contribution < 1.29 is 4.79 Å². The lowest BCUT2D eigenvalue weighted by molar-refractivity contribution is 0.208. The number of carbonyl (C=O) groups is 1. The van der Waals surface area contributed by atoms with Crippen LogP contribution >= 0.6 is 0 Å². The van der Waals surface area contributed by atoms with Crippen LogP contribution in [0.2, 0.25) is 0 Å². The molecule has 0 fully saturated rings. The zero-order chi connectivity index (χ0) is 9.72. The van der Waals surface area contributed by atoms with E-state index in [1.165, 1.54) is 0 Å². The van der Waals surface area contributed by atoms with E-state index in [4.69, 9.17) is 0 Å². The van der Waals surface area contributed by atoms with Crippen molar-refractivity contribution in [2.75, 3.05) is 13.1 Å². The fourth-order valence-electron chi connectivity index (χ4n) is 1.11. The first-order valence-corrected chi connectivity index (χ1v) is 4.80. The molecule has 0 aliphatic carbocycles. The average molecular weight is 188 g/mol. The molecular weight excluding hydrogens is 170 g/mol. The molecule has 0 unspecified atom stereocenters. The van der Waals surface area contributed by atoms with Crippen LogP contribution in [-0.2, 0) is 12.6 Å². The van der Waals surface area contributed by atoms with E-state index in [1.807, 2.05) is 0 Å². The molecule has 0 radical (unpaired) electrons. The van der Waals surface area contributed by atoms with Crippen molar-refractivity contribution in [3.63, 3.8) is 0 Å². The van der Waals surface area contributed by atoms with Crippen molar-refractivity contribution >= 4 is 17.9 Å². The number of hydrogen-bond donors (Lipinski definition) is 0. The normalized spacial score (nSPS) is 10.8. The summed E-state index contributed by atoms with van der Waals surface area (Å²) < 4.78 is 0. The second-order valence-corrected chi connectivity index (χ2v) is 4.31. The molecule has 0 aliphatic rings. The number of nitrogens with zero attached hydrogens (tertiary/aromatic N) is 1. The van der Waals surface area contributed by atoms with Crippen molar-refractivity contribution in [3.8, 4) is 0 Å². The Morgan fingerprint density at radius 1 is 1.17 bits per heavy atom. The molecule has 0 atom stereocenters. The first-order chi connectivity index (χ1) is 5.43. The highest BCUT2D eigenvalue weighted by atomic mass is 32.1. The monoisotopic (exact) mass is 188 g/mol. The second kappa shape index (κ2) is 5.36. The zero-order valence-electron chi connectivity index (χ0n) is 8.33. The van der Waals surface area contributed by atoms with E-state index in [0.717, 1.165) is 13.1 Å². The van der Waals surface area contributed by atoms with E-state index >= 15 is 0 Å². The van der Waals surface area contributed by atoms with Gasteiger partial charge in [-0.3, -0.25) is 0 Å². The lowest BCUT2D eigenvalue weighted by atomic mass is 10.1. The Labute approximate surface area is 80.7 Å². The van der Waals surface area contributed by atoms with Gasteiger partial charge in [-0.2, -0.15) is 0 Å². The molecular formula is C9H18NOS-. The largest absolute Gasteiger partial charge is 0.719 e. The van der Waals surface area contributed by atoms with Crippen molar-refractivity contribution in [2.24, 2.45) is 11.8 Å². The summed E-state index contributed by atoms with van der Waals surface area (Å²) in [6, 6.07) is 0. The minimum Gasteiger partial charge on any atom is -0.719 e. The summed E-state index contributed by atoms with van der Waals surface area (Å²) in [5.74, 6) is 0.992. The first-order valence-electron chi connectivity index (χ1n) is 4.39. The quantitative estimate of drug-likeness (QED) is 0.631. The van der Waals surface area contributed by atoms with Crippen LogP contribution in [0.5, 0.6) is 0 Å². The van der Waals surface area contributed by atoms with Crippen LogP contribution < -0.4 is 0 Å². The first kappa shape index (κ1) is 11.7. The SMILES string of the molecule is CC(C)CN(CC(C)C)C(=O)[S-]. The topological polar surface area (TPSA) is 20.3 Å². The molecule has 0 rings (SSSR count). The minimum atomic E-state index is -0.225. The van der Waals surface area contributed by atoms with Gasteiger partial charge in [0.2, 0.25) is 0 Å². The molecule has 0 aromatic rings. The van der Waals surface area contributed by atoms with Gasteiger partial charge in [0.15, 0.2) is 0 Å². The lowest BCUT2D eigenvalue weighted by Gasteiger charge is -2.29. The summed E-state index contributed by atoms with van der Waals surface area (Å²) in [6.07, 6.45) is 0.